The molecule has 2 fully saturated rings. The molecule has 0 saturated carbocycles. The Morgan fingerprint density at radius 3 is 2.24 bits per heavy atom. The van der Waals surface area contributed by atoms with Crippen molar-refractivity contribution in [2.45, 2.75) is 49.6 Å². The summed E-state index contributed by atoms with van der Waals surface area (Å²) in [5.74, 6) is -0.641. The summed E-state index contributed by atoms with van der Waals surface area (Å²) in [5, 5.41) is 0.572. The number of rotatable bonds is 8. The third kappa shape index (κ3) is 8.20. The van der Waals surface area contributed by atoms with E-state index in [1.807, 2.05) is 16.9 Å². The number of hydrogen-bond donors (Lipinski definition) is 1. The molecule has 0 aromatic heterocycles. The van der Waals surface area contributed by atoms with Gasteiger partial charge in [-0.3, -0.25) is 14.6 Å². The third-order valence-corrected chi connectivity index (χ3v) is 9.15. The summed E-state index contributed by atoms with van der Waals surface area (Å²) in [6, 6.07) is 9.17. The van der Waals surface area contributed by atoms with Crippen LogP contribution in [0.5, 0.6) is 0 Å². The van der Waals surface area contributed by atoms with E-state index in [1.54, 1.807) is 17.0 Å². The summed E-state index contributed by atoms with van der Waals surface area (Å²) in [6.07, 6.45) is -4.07. The molecule has 226 valence electrons. The van der Waals surface area contributed by atoms with Crippen LogP contribution in [0.25, 0.3) is 0 Å². The maximum Gasteiger partial charge on any atom is 0.416 e. The average molecular weight is 617 g/mol. The van der Waals surface area contributed by atoms with Crippen LogP contribution in [0.1, 0.15) is 35.3 Å². The Balaban J connectivity index is 1.58. The molecule has 0 unspecified atom stereocenters. The van der Waals surface area contributed by atoms with Gasteiger partial charge in [-0.15, -0.1) is 0 Å². The molecule has 0 spiro atoms. The summed E-state index contributed by atoms with van der Waals surface area (Å²) in [5.41, 5.74) is -0.587. The van der Waals surface area contributed by atoms with Gasteiger partial charge in [0.25, 0.3) is 5.91 Å². The lowest BCUT2D eigenvalue weighted by atomic mass is 10.00. The molecule has 13 heteroatoms. The molecular weight excluding hydrogens is 581 g/mol. The van der Waals surface area contributed by atoms with Crippen LogP contribution in [-0.2, 0) is 27.4 Å². The summed E-state index contributed by atoms with van der Waals surface area (Å²) >= 11 is 6.06. The number of halogens is 4. The van der Waals surface area contributed by atoms with Crippen molar-refractivity contribution in [1.29, 1.82) is 0 Å². The molecule has 2 heterocycles. The average Bonchev–Trinajstić information content (AvgIpc) is 2.91. The molecule has 8 nitrogen and oxygen atoms in total. The zero-order valence-corrected chi connectivity index (χ0v) is 24.9. The van der Waals surface area contributed by atoms with Crippen molar-refractivity contribution in [3.8, 4) is 0 Å². The maximum atomic E-state index is 13.8. The summed E-state index contributed by atoms with van der Waals surface area (Å²) in [6.45, 7) is 8.73. The van der Waals surface area contributed by atoms with E-state index in [1.165, 1.54) is 0 Å². The van der Waals surface area contributed by atoms with Crippen LogP contribution in [0, 0.1) is 0 Å². The second-order valence-corrected chi connectivity index (χ2v) is 13.1. The molecule has 2 saturated heterocycles. The second-order valence-electron chi connectivity index (χ2n) is 10.8. The van der Waals surface area contributed by atoms with Crippen molar-refractivity contribution in [2.75, 3.05) is 52.9 Å². The first-order valence-corrected chi connectivity index (χ1v) is 15.4. The van der Waals surface area contributed by atoms with Gasteiger partial charge in [0, 0.05) is 62.4 Å². The number of sulfonamides is 1. The molecular formula is C28H36ClF3N4O4S. The quantitative estimate of drug-likeness (QED) is 0.487. The van der Waals surface area contributed by atoms with E-state index >= 15 is 0 Å². The number of hydrogen-bond acceptors (Lipinski definition) is 6. The molecule has 41 heavy (non-hydrogen) atoms. The van der Waals surface area contributed by atoms with Gasteiger partial charge in [-0.05, 0) is 63.2 Å². The predicted octanol–water partition coefficient (Wildman–Crippen LogP) is 3.75. The van der Waals surface area contributed by atoms with Crippen molar-refractivity contribution in [1.82, 2.24) is 19.4 Å². The summed E-state index contributed by atoms with van der Waals surface area (Å²) in [4.78, 5) is 19.3. The van der Waals surface area contributed by atoms with Crippen LogP contribution >= 0.6 is 11.6 Å². The number of morpholine rings is 1. The van der Waals surface area contributed by atoms with Crippen LogP contribution < -0.4 is 4.72 Å². The molecule has 4 rings (SSSR count). The predicted molar refractivity (Wildman–Crippen MR) is 151 cm³/mol. The number of amides is 1. The lowest BCUT2D eigenvalue weighted by molar-refractivity contribution is -0.137. The standard InChI is InChI=1S/C28H36ClF3N4O4S/c1-19-16-35(17-20(2)40-19)9-8-34-10-11-36(25(18-34)12-21-4-6-24(29)7-5-21)27(37)22-13-23(28(30,31)32)15-26(14-22)41(38,39)33-3/h4-7,13-15,19-20,25,33H,8-12,16-18H2,1-3H3/t19-,20+,25-/m1/s1. The number of piperazine rings is 1. The lowest BCUT2D eigenvalue weighted by Crippen LogP contribution is -2.57. The highest BCUT2D eigenvalue weighted by atomic mass is 35.5. The molecule has 0 radical (unpaired) electrons. The second kappa shape index (κ2) is 13.0. The zero-order chi connectivity index (χ0) is 29.9. The number of ether oxygens (including phenoxy) is 1. The van der Waals surface area contributed by atoms with Gasteiger partial charge in [0.1, 0.15) is 0 Å². The normalized spacial score (nSPS) is 23.1. The van der Waals surface area contributed by atoms with Crippen LogP contribution in [0.2, 0.25) is 5.02 Å². The number of carbonyl (C=O) groups excluding carboxylic acids is 1. The maximum absolute atomic E-state index is 13.8. The van der Waals surface area contributed by atoms with Gasteiger partial charge >= 0.3 is 6.18 Å². The molecule has 2 aromatic carbocycles. The first-order valence-electron chi connectivity index (χ1n) is 13.6. The van der Waals surface area contributed by atoms with E-state index in [9.17, 15) is 26.4 Å². The highest BCUT2D eigenvalue weighted by Gasteiger charge is 2.36. The third-order valence-electron chi connectivity index (χ3n) is 7.50. The molecule has 2 aromatic rings. The fourth-order valence-corrected chi connectivity index (χ4v) is 6.46. The molecule has 1 N–H and O–H groups in total. The van der Waals surface area contributed by atoms with Gasteiger partial charge in [0.05, 0.1) is 22.7 Å². The first-order chi connectivity index (χ1) is 19.2. The molecule has 1 amide bonds. The minimum Gasteiger partial charge on any atom is -0.373 e. The minimum atomic E-state index is -4.83. The Labute approximate surface area is 244 Å². The van der Waals surface area contributed by atoms with Crippen LogP contribution in [-0.4, -0.2) is 100 Å². The molecule has 0 aliphatic carbocycles. The Morgan fingerprint density at radius 2 is 1.63 bits per heavy atom. The molecule has 2 aliphatic heterocycles. The van der Waals surface area contributed by atoms with E-state index in [2.05, 4.69) is 23.6 Å². The highest BCUT2D eigenvalue weighted by molar-refractivity contribution is 7.89. The smallest absolute Gasteiger partial charge is 0.373 e. The lowest BCUT2D eigenvalue weighted by Gasteiger charge is -2.43. The minimum absolute atomic E-state index is 0.148. The van der Waals surface area contributed by atoms with E-state index in [0.29, 0.717) is 30.6 Å². The number of nitrogens with one attached hydrogen (secondary N) is 1. The van der Waals surface area contributed by atoms with Gasteiger partial charge < -0.3 is 9.64 Å². The van der Waals surface area contributed by atoms with Gasteiger partial charge in [0.2, 0.25) is 10.0 Å². The number of carbonyl (C=O) groups is 1. The van der Waals surface area contributed by atoms with Crippen LogP contribution in [0.3, 0.4) is 0 Å². The topological polar surface area (TPSA) is 82.2 Å². The van der Waals surface area contributed by atoms with Gasteiger partial charge in [-0.1, -0.05) is 23.7 Å². The Bertz CT molecular complexity index is 1320. The van der Waals surface area contributed by atoms with E-state index < -0.39 is 32.6 Å². The fraction of sp³-hybridized carbons (Fsp3) is 0.536. The van der Waals surface area contributed by atoms with Gasteiger partial charge in [0.15, 0.2) is 0 Å². The zero-order valence-electron chi connectivity index (χ0n) is 23.3. The SMILES string of the molecule is CNS(=O)(=O)c1cc(C(=O)N2CCN(CCN3C[C@@H](C)O[C@@H](C)C3)C[C@H]2Cc2ccc(Cl)cc2)cc(C(F)(F)F)c1. The Kier molecular flexibility index (Phi) is 10.0. The summed E-state index contributed by atoms with van der Waals surface area (Å²) < 4.78 is 73.8. The first kappa shape index (κ1) is 31.7. The van der Waals surface area contributed by atoms with E-state index in [0.717, 1.165) is 50.9 Å². The monoisotopic (exact) mass is 616 g/mol. The summed E-state index contributed by atoms with van der Waals surface area (Å²) in [7, 11) is -3.12. The number of benzene rings is 2. The van der Waals surface area contributed by atoms with Crippen molar-refractivity contribution in [3.05, 3.63) is 64.2 Å². The van der Waals surface area contributed by atoms with E-state index in [-0.39, 0.29) is 30.4 Å². The highest BCUT2D eigenvalue weighted by Crippen LogP contribution is 2.32. The van der Waals surface area contributed by atoms with Gasteiger partial charge in [-0.2, -0.15) is 13.2 Å². The van der Waals surface area contributed by atoms with E-state index in [4.69, 9.17) is 16.3 Å². The van der Waals surface area contributed by atoms with Crippen molar-refractivity contribution < 1.29 is 31.1 Å². The number of nitrogens with zero attached hydrogens (tertiary/aromatic N) is 3. The molecule has 3 atom stereocenters. The molecule has 0 bridgehead atoms. The van der Waals surface area contributed by atoms with Crippen molar-refractivity contribution in [3.63, 3.8) is 0 Å². The number of alkyl halides is 3. The van der Waals surface area contributed by atoms with Gasteiger partial charge in [-0.25, -0.2) is 13.1 Å². The Morgan fingerprint density at radius 1 is 1.00 bits per heavy atom. The van der Waals surface area contributed by atoms with Crippen LogP contribution in [0.15, 0.2) is 47.4 Å². The van der Waals surface area contributed by atoms with Crippen molar-refractivity contribution in [2.24, 2.45) is 0 Å². The molecule has 2 aliphatic rings. The van der Waals surface area contributed by atoms with Crippen LogP contribution in [0.4, 0.5) is 13.2 Å². The van der Waals surface area contributed by atoms with Crippen molar-refractivity contribution >= 4 is 27.5 Å². The largest absolute Gasteiger partial charge is 0.416 e. The Hall–Kier alpha value is -2.22. The fourth-order valence-electron chi connectivity index (χ4n) is 5.53.